The van der Waals surface area contributed by atoms with E-state index in [9.17, 15) is 0 Å². The van der Waals surface area contributed by atoms with Crippen LogP contribution in [0.4, 0.5) is 5.95 Å². The SMILES string of the molecule is Cc1ccc(-c2ncnc(N)n2)cc1C. The number of nitrogens with two attached hydrogens (primary N) is 1. The number of anilines is 1. The summed E-state index contributed by atoms with van der Waals surface area (Å²) in [7, 11) is 0. The van der Waals surface area contributed by atoms with E-state index in [2.05, 4.69) is 28.8 Å². The Balaban J connectivity index is 2.50. The van der Waals surface area contributed by atoms with Crippen LogP contribution in [-0.4, -0.2) is 15.0 Å². The van der Waals surface area contributed by atoms with Gasteiger partial charge in [-0.2, -0.15) is 4.98 Å². The minimum atomic E-state index is 0.248. The Labute approximate surface area is 88.2 Å². The van der Waals surface area contributed by atoms with Crippen LogP contribution in [0.15, 0.2) is 24.5 Å². The lowest BCUT2D eigenvalue weighted by Gasteiger charge is -2.03. The van der Waals surface area contributed by atoms with Gasteiger partial charge in [-0.3, -0.25) is 0 Å². The van der Waals surface area contributed by atoms with E-state index in [-0.39, 0.29) is 5.95 Å². The van der Waals surface area contributed by atoms with Gasteiger partial charge in [0.15, 0.2) is 5.82 Å². The zero-order chi connectivity index (χ0) is 10.8. The van der Waals surface area contributed by atoms with Crippen LogP contribution in [0.5, 0.6) is 0 Å². The van der Waals surface area contributed by atoms with Gasteiger partial charge in [0.2, 0.25) is 5.95 Å². The smallest absolute Gasteiger partial charge is 0.223 e. The van der Waals surface area contributed by atoms with Crippen LogP contribution in [0.2, 0.25) is 0 Å². The fourth-order valence-corrected chi connectivity index (χ4v) is 1.33. The van der Waals surface area contributed by atoms with Crippen LogP contribution in [0, 0.1) is 13.8 Å². The Morgan fingerprint density at radius 1 is 1.07 bits per heavy atom. The van der Waals surface area contributed by atoms with Crippen molar-refractivity contribution in [2.75, 3.05) is 5.73 Å². The minimum Gasteiger partial charge on any atom is -0.368 e. The minimum absolute atomic E-state index is 0.248. The summed E-state index contributed by atoms with van der Waals surface area (Å²) in [5.41, 5.74) is 8.93. The number of hydrogen-bond donors (Lipinski definition) is 1. The second kappa shape index (κ2) is 3.65. The standard InChI is InChI=1S/C11H12N4/c1-7-3-4-9(5-8(7)2)10-13-6-14-11(12)15-10/h3-6H,1-2H3,(H2,12,13,14,15). The third-order valence-electron chi connectivity index (χ3n) is 2.36. The molecular formula is C11H12N4. The summed E-state index contributed by atoms with van der Waals surface area (Å²) in [5, 5.41) is 0. The number of nitrogen functional groups attached to an aromatic ring is 1. The lowest BCUT2D eigenvalue weighted by Crippen LogP contribution is -1.98. The van der Waals surface area contributed by atoms with E-state index in [0.29, 0.717) is 5.82 Å². The van der Waals surface area contributed by atoms with E-state index in [1.165, 1.54) is 17.5 Å². The molecule has 4 nitrogen and oxygen atoms in total. The normalized spacial score (nSPS) is 10.3. The molecule has 2 aromatic rings. The third-order valence-corrected chi connectivity index (χ3v) is 2.36. The molecule has 0 spiro atoms. The number of nitrogens with zero attached hydrogens (tertiary/aromatic N) is 3. The molecule has 0 bridgehead atoms. The molecule has 4 heteroatoms. The highest BCUT2D eigenvalue weighted by Gasteiger charge is 2.03. The van der Waals surface area contributed by atoms with E-state index in [1.807, 2.05) is 18.2 Å². The Morgan fingerprint density at radius 2 is 1.87 bits per heavy atom. The predicted molar refractivity (Wildman–Crippen MR) is 59.1 cm³/mol. The summed E-state index contributed by atoms with van der Waals surface area (Å²) in [4.78, 5) is 11.9. The van der Waals surface area contributed by atoms with E-state index >= 15 is 0 Å². The maximum atomic E-state index is 5.50. The van der Waals surface area contributed by atoms with Crippen molar-refractivity contribution in [1.29, 1.82) is 0 Å². The Bertz CT molecular complexity index is 494. The molecule has 1 aromatic carbocycles. The van der Waals surface area contributed by atoms with Gasteiger partial charge in [0.05, 0.1) is 0 Å². The molecule has 15 heavy (non-hydrogen) atoms. The van der Waals surface area contributed by atoms with Crippen molar-refractivity contribution in [2.24, 2.45) is 0 Å². The third kappa shape index (κ3) is 1.93. The number of hydrogen-bond acceptors (Lipinski definition) is 4. The first-order chi connectivity index (χ1) is 7.16. The van der Waals surface area contributed by atoms with Crippen molar-refractivity contribution in [3.05, 3.63) is 35.7 Å². The lowest BCUT2D eigenvalue weighted by atomic mass is 10.1. The van der Waals surface area contributed by atoms with Crippen LogP contribution < -0.4 is 5.73 Å². The van der Waals surface area contributed by atoms with E-state index < -0.39 is 0 Å². The first-order valence-electron chi connectivity index (χ1n) is 4.69. The maximum absolute atomic E-state index is 5.50. The predicted octanol–water partition coefficient (Wildman–Crippen LogP) is 1.74. The van der Waals surface area contributed by atoms with Crippen molar-refractivity contribution >= 4 is 5.95 Å². The molecule has 0 fully saturated rings. The molecule has 0 aliphatic rings. The van der Waals surface area contributed by atoms with Crippen LogP contribution in [0.1, 0.15) is 11.1 Å². The van der Waals surface area contributed by atoms with Crippen molar-refractivity contribution < 1.29 is 0 Å². The number of aromatic nitrogens is 3. The van der Waals surface area contributed by atoms with Crippen LogP contribution in [0.25, 0.3) is 11.4 Å². The quantitative estimate of drug-likeness (QED) is 0.761. The highest BCUT2D eigenvalue weighted by Crippen LogP contribution is 2.18. The van der Waals surface area contributed by atoms with E-state index in [4.69, 9.17) is 5.73 Å². The molecule has 1 heterocycles. The molecule has 0 amide bonds. The molecule has 2 rings (SSSR count). The van der Waals surface area contributed by atoms with E-state index in [1.54, 1.807) is 0 Å². The average molecular weight is 200 g/mol. The van der Waals surface area contributed by atoms with Crippen molar-refractivity contribution in [2.45, 2.75) is 13.8 Å². The van der Waals surface area contributed by atoms with Gasteiger partial charge < -0.3 is 5.73 Å². The van der Waals surface area contributed by atoms with Gasteiger partial charge >= 0.3 is 0 Å². The molecule has 0 saturated carbocycles. The summed E-state index contributed by atoms with van der Waals surface area (Å²) in [5.74, 6) is 0.865. The van der Waals surface area contributed by atoms with Gasteiger partial charge in [0, 0.05) is 5.56 Å². The summed E-state index contributed by atoms with van der Waals surface area (Å²) in [6, 6.07) is 6.08. The second-order valence-electron chi connectivity index (χ2n) is 3.47. The monoisotopic (exact) mass is 200 g/mol. The summed E-state index contributed by atoms with van der Waals surface area (Å²) < 4.78 is 0. The average Bonchev–Trinajstić information content (AvgIpc) is 2.22. The maximum Gasteiger partial charge on any atom is 0.223 e. The number of rotatable bonds is 1. The fraction of sp³-hybridized carbons (Fsp3) is 0.182. The van der Waals surface area contributed by atoms with E-state index in [0.717, 1.165) is 5.56 Å². The molecule has 0 radical (unpaired) electrons. The lowest BCUT2D eigenvalue weighted by molar-refractivity contribution is 1.07. The Kier molecular flexibility index (Phi) is 2.33. The molecule has 0 aliphatic carbocycles. The molecule has 76 valence electrons. The molecule has 2 N–H and O–H groups in total. The van der Waals surface area contributed by atoms with Gasteiger partial charge in [0.25, 0.3) is 0 Å². The van der Waals surface area contributed by atoms with Gasteiger partial charge in [-0.05, 0) is 31.0 Å². The first-order valence-corrected chi connectivity index (χ1v) is 4.69. The van der Waals surface area contributed by atoms with Crippen LogP contribution in [-0.2, 0) is 0 Å². The van der Waals surface area contributed by atoms with Gasteiger partial charge in [-0.15, -0.1) is 0 Å². The van der Waals surface area contributed by atoms with Crippen LogP contribution >= 0.6 is 0 Å². The van der Waals surface area contributed by atoms with Crippen molar-refractivity contribution in [3.8, 4) is 11.4 Å². The zero-order valence-electron chi connectivity index (χ0n) is 8.73. The molecule has 0 unspecified atom stereocenters. The molecule has 0 aliphatic heterocycles. The van der Waals surface area contributed by atoms with Gasteiger partial charge in [-0.1, -0.05) is 12.1 Å². The Hall–Kier alpha value is -1.97. The zero-order valence-corrected chi connectivity index (χ0v) is 8.73. The van der Waals surface area contributed by atoms with Crippen molar-refractivity contribution in [1.82, 2.24) is 15.0 Å². The van der Waals surface area contributed by atoms with Gasteiger partial charge in [0.1, 0.15) is 6.33 Å². The molecular weight excluding hydrogens is 188 g/mol. The highest BCUT2D eigenvalue weighted by atomic mass is 15.1. The summed E-state index contributed by atoms with van der Waals surface area (Å²) in [6.07, 6.45) is 1.42. The van der Waals surface area contributed by atoms with Crippen LogP contribution in [0.3, 0.4) is 0 Å². The molecule has 0 atom stereocenters. The molecule has 0 saturated heterocycles. The largest absolute Gasteiger partial charge is 0.368 e. The Morgan fingerprint density at radius 3 is 2.53 bits per heavy atom. The second-order valence-corrected chi connectivity index (χ2v) is 3.47. The fourth-order valence-electron chi connectivity index (χ4n) is 1.33. The number of benzene rings is 1. The van der Waals surface area contributed by atoms with Crippen molar-refractivity contribution in [3.63, 3.8) is 0 Å². The molecule has 1 aromatic heterocycles. The topological polar surface area (TPSA) is 64.7 Å². The number of aryl methyl sites for hydroxylation is 2. The van der Waals surface area contributed by atoms with Gasteiger partial charge in [-0.25, -0.2) is 9.97 Å². The summed E-state index contributed by atoms with van der Waals surface area (Å²) in [6.45, 7) is 4.13. The first kappa shape index (κ1) is 9.58. The highest BCUT2D eigenvalue weighted by molar-refractivity contribution is 5.57. The summed E-state index contributed by atoms with van der Waals surface area (Å²) >= 11 is 0.